The molecule has 1 aromatic carbocycles. The Morgan fingerprint density at radius 1 is 1.47 bits per heavy atom. The third-order valence-electron chi connectivity index (χ3n) is 2.96. The summed E-state index contributed by atoms with van der Waals surface area (Å²) in [5.41, 5.74) is 1.28. The molecule has 0 fully saturated rings. The van der Waals surface area contributed by atoms with E-state index >= 15 is 0 Å². The van der Waals surface area contributed by atoms with E-state index in [0.29, 0.717) is 0 Å². The summed E-state index contributed by atoms with van der Waals surface area (Å²) in [5, 5.41) is 12.2. The highest BCUT2D eigenvalue weighted by atomic mass is 79.9. The number of carboxylic acid groups (broad SMARTS) is 1. The molecule has 0 aliphatic rings. The van der Waals surface area contributed by atoms with E-state index in [2.05, 4.69) is 35.1 Å². The van der Waals surface area contributed by atoms with Crippen LogP contribution >= 0.6 is 15.9 Å². The first-order valence-corrected chi connectivity index (χ1v) is 6.91. The van der Waals surface area contributed by atoms with Crippen LogP contribution in [0, 0.1) is 5.41 Å². The van der Waals surface area contributed by atoms with Gasteiger partial charge in [0.05, 0.1) is 5.56 Å². The Labute approximate surface area is 122 Å². The van der Waals surface area contributed by atoms with Gasteiger partial charge in [-0.15, -0.1) is 0 Å². The number of ether oxygens (including phenoxy) is 1. The first kappa shape index (κ1) is 16.0. The maximum absolute atomic E-state index is 10.8. The third kappa shape index (κ3) is 5.20. The van der Waals surface area contributed by atoms with Gasteiger partial charge in [-0.25, -0.2) is 4.79 Å². The Morgan fingerprint density at radius 3 is 2.68 bits per heavy atom. The van der Waals surface area contributed by atoms with Gasteiger partial charge in [-0.3, -0.25) is 0 Å². The van der Waals surface area contributed by atoms with E-state index in [1.807, 2.05) is 0 Å². The van der Waals surface area contributed by atoms with E-state index in [9.17, 15) is 4.79 Å². The number of anilines is 1. The maximum atomic E-state index is 10.8. The first-order valence-electron chi connectivity index (χ1n) is 6.11. The summed E-state index contributed by atoms with van der Waals surface area (Å²) in [6, 6.07) is 4.98. The normalized spacial score (nSPS) is 11.4. The highest BCUT2D eigenvalue weighted by Crippen LogP contribution is 2.26. The largest absolute Gasteiger partial charge is 0.478 e. The predicted molar refractivity (Wildman–Crippen MR) is 79.9 cm³/mol. The van der Waals surface area contributed by atoms with E-state index in [0.717, 1.165) is 29.7 Å². The second-order valence-corrected chi connectivity index (χ2v) is 6.11. The van der Waals surface area contributed by atoms with Crippen LogP contribution in [0.2, 0.25) is 0 Å². The summed E-state index contributed by atoms with van der Waals surface area (Å²) in [5.74, 6) is -0.923. The van der Waals surface area contributed by atoms with Gasteiger partial charge >= 0.3 is 5.97 Å². The van der Waals surface area contributed by atoms with Gasteiger partial charge in [0.25, 0.3) is 0 Å². The third-order valence-corrected chi connectivity index (χ3v) is 3.61. The molecule has 0 saturated heterocycles. The number of nitrogens with one attached hydrogen (secondary N) is 1. The van der Waals surface area contributed by atoms with E-state index in [4.69, 9.17) is 9.84 Å². The van der Waals surface area contributed by atoms with Crippen molar-refractivity contribution in [1.82, 2.24) is 0 Å². The van der Waals surface area contributed by atoms with Gasteiger partial charge in [-0.05, 0) is 46.0 Å². The minimum atomic E-state index is -0.923. The van der Waals surface area contributed by atoms with Crippen LogP contribution in [0.5, 0.6) is 0 Å². The Morgan fingerprint density at radius 2 is 2.16 bits per heavy atom. The predicted octanol–water partition coefficient (Wildman–Crippen LogP) is 3.62. The highest BCUT2D eigenvalue weighted by molar-refractivity contribution is 9.10. The molecule has 1 aromatic rings. The van der Waals surface area contributed by atoms with Crippen molar-refractivity contribution in [2.75, 3.05) is 25.6 Å². The molecule has 0 saturated carbocycles. The number of carbonyl (C=O) groups is 1. The lowest BCUT2D eigenvalue weighted by molar-refractivity contribution is 0.0697. The molecule has 19 heavy (non-hydrogen) atoms. The monoisotopic (exact) mass is 329 g/mol. The number of benzene rings is 1. The van der Waals surface area contributed by atoms with Gasteiger partial charge in [0.1, 0.15) is 0 Å². The Balaban J connectivity index is 2.65. The molecule has 0 aliphatic carbocycles. The fourth-order valence-corrected chi connectivity index (χ4v) is 2.11. The van der Waals surface area contributed by atoms with Crippen LogP contribution < -0.4 is 5.32 Å². The molecular formula is C14H20BrNO3. The standard InChI is InChI=1S/C14H20BrNO3/c1-14(2,6-7-19-3)9-16-12-5-4-10(13(17)18)8-11(12)15/h4-5,8,16H,6-7,9H2,1-3H3,(H,17,18). The molecule has 0 spiro atoms. The topological polar surface area (TPSA) is 58.6 Å². The average Bonchev–Trinajstić information content (AvgIpc) is 2.35. The molecule has 0 amide bonds. The van der Waals surface area contributed by atoms with Crippen LogP contribution in [0.3, 0.4) is 0 Å². The minimum Gasteiger partial charge on any atom is -0.478 e. The summed E-state index contributed by atoms with van der Waals surface area (Å²) < 4.78 is 5.85. The lowest BCUT2D eigenvalue weighted by Gasteiger charge is -2.25. The summed E-state index contributed by atoms with van der Waals surface area (Å²) in [6.07, 6.45) is 0.960. The molecule has 0 heterocycles. The quantitative estimate of drug-likeness (QED) is 0.802. The van der Waals surface area contributed by atoms with Crippen LogP contribution in [-0.2, 0) is 4.74 Å². The zero-order valence-corrected chi connectivity index (χ0v) is 13.1. The van der Waals surface area contributed by atoms with E-state index < -0.39 is 5.97 Å². The van der Waals surface area contributed by atoms with Crippen molar-refractivity contribution in [3.8, 4) is 0 Å². The fourth-order valence-electron chi connectivity index (χ4n) is 1.59. The molecular weight excluding hydrogens is 310 g/mol. The highest BCUT2D eigenvalue weighted by Gasteiger charge is 2.17. The van der Waals surface area contributed by atoms with Crippen LogP contribution in [-0.4, -0.2) is 31.3 Å². The zero-order valence-electron chi connectivity index (χ0n) is 11.5. The first-order chi connectivity index (χ1) is 8.85. The smallest absolute Gasteiger partial charge is 0.335 e. The van der Waals surface area contributed by atoms with Crippen molar-refractivity contribution in [2.24, 2.45) is 5.41 Å². The molecule has 0 radical (unpaired) electrons. The van der Waals surface area contributed by atoms with Crippen molar-refractivity contribution in [1.29, 1.82) is 0 Å². The number of carboxylic acids is 1. The van der Waals surface area contributed by atoms with Crippen LogP contribution in [0.1, 0.15) is 30.6 Å². The molecule has 0 atom stereocenters. The molecule has 5 heteroatoms. The van der Waals surface area contributed by atoms with Gasteiger partial charge in [0.15, 0.2) is 0 Å². The van der Waals surface area contributed by atoms with Gasteiger partial charge in [0, 0.05) is 30.4 Å². The molecule has 2 N–H and O–H groups in total. The van der Waals surface area contributed by atoms with Crippen LogP contribution in [0.15, 0.2) is 22.7 Å². The number of rotatable bonds is 7. The number of hydrogen-bond acceptors (Lipinski definition) is 3. The van der Waals surface area contributed by atoms with Crippen LogP contribution in [0.25, 0.3) is 0 Å². The molecule has 4 nitrogen and oxygen atoms in total. The Kier molecular flexibility index (Phi) is 5.82. The maximum Gasteiger partial charge on any atom is 0.335 e. The van der Waals surface area contributed by atoms with E-state index in [-0.39, 0.29) is 11.0 Å². The van der Waals surface area contributed by atoms with Crippen molar-refractivity contribution < 1.29 is 14.6 Å². The SMILES string of the molecule is COCCC(C)(C)CNc1ccc(C(=O)O)cc1Br. The number of aromatic carboxylic acids is 1. The van der Waals surface area contributed by atoms with Gasteiger partial charge in [0.2, 0.25) is 0 Å². The van der Waals surface area contributed by atoms with Gasteiger partial charge in [-0.2, -0.15) is 0 Å². The van der Waals surface area contributed by atoms with Crippen molar-refractivity contribution >= 4 is 27.6 Å². The second kappa shape index (κ2) is 6.91. The minimum absolute atomic E-state index is 0.112. The average molecular weight is 330 g/mol. The fraction of sp³-hybridized carbons (Fsp3) is 0.500. The molecule has 106 valence electrons. The van der Waals surface area contributed by atoms with E-state index in [1.54, 1.807) is 25.3 Å². The van der Waals surface area contributed by atoms with Crippen molar-refractivity contribution in [3.05, 3.63) is 28.2 Å². The Hall–Kier alpha value is -1.07. The van der Waals surface area contributed by atoms with Crippen molar-refractivity contribution in [2.45, 2.75) is 20.3 Å². The second-order valence-electron chi connectivity index (χ2n) is 5.26. The molecule has 1 rings (SSSR count). The number of halogens is 1. The molecule has 0 aliphatic heterocycles. The lowest BCUT2D eigenvalue weighted by atomic mass is 9.89. The summed E-state index contributed by atoms with van der Waals surface area (Å²) in [6.45, 7) is 5.85. The zero-order chi connectivity index (χ0) is 14.5. The molecule has 0 aromatic heterocycles. The van der Waals surface area contributed by atoms with Crippen molar-refractivity contribution in [3.63, 3.8) is 0 Å². The molecule has 0 bridgehead atoms. The van der Waals surface area contributed by atoms with Gasteiger partial charge in [-0.1, -0.05) is 13.8 Å². The summed E-state index contributed by atoms with van der Waals surface area (Å²) in [7, 11) is 1.70. The number of hydrogen-bond donors (Lipinski definition) is 2. The van der Waals surface area contributed by atoms with Crippen LogP contribution in [0.4, 0.5) is 5.69 Å². The number of methoxy groups -OCH3 is 1. The Bertz CT molecular complexity index is 446. The summed E-state index contributed by atoms with van der Waals surface area (Å²) in [4.78, 5) is 10.8. The summed E-state index contributed by atoms with van der Waals surface area (Å²) >= 11 is 3.39. The van der Waals surface area contributed by atoms with Gasteiger partial charge < -0.3 is 15.2 Å². The molecule has 0 unspecified atom stereocenters. The van der Waals surface area contributed by atoms with E-state index in [1.165, 1.54) is 0 Å². The lowest BCUT2D eigenvalue weighted by Crippen LogP contribution is -2.24.